The second-order valence-corrected chi connectivity index (χ2v) is 5.78. The summed E-state index contributed by atoms with van der Waals surface area (Å²) < 4.78 is 7.08. The van der Waals surface area contributed by atoms with Crippen LogP contribution in [0, 0.1) is 13.8 Å². The van der Waals surface area contributed by atoms with E-state index >= 15 is 0 Å². The maximum Gasteiger partial charge on any atom is 0.268 e. The molecule has 1 aromatic heterocycles. The van der Waals surface area contributed by atoms with E-state index in [0.717, 1.165) is 16.9 Å². The van der Waals surface area contributed by atoms with Crippen LogP contribution in [0.1, 0.15) is 16.7 Å². The smallest absolute Gasteiger partial charge is 0.268 e. The molecule has 0 aliphatic carbocycles. The molecule has 0 radical (unpaired) electrons. The lowest BCUT2D eigenvalue weighted by Gasteiger charge is -2.09. The van der Waals surface area contributed by atoms with E-state index in [1.807, 2.05) is 26.0 Å². The summed E-state index contributed by atoms with van der Waals surface area (Å²) in [5.41, 5.74) is 3.33. The van der Waals surface area contributed by atoms with E-state index in [9.17, 15) is 9.59 Å². The Morgan fingerprint density at radius 2 is 2.08 bits per heavy atom. The second-order valence-electron chi connectivity index (χ2n) is 5.78. The molecule has 1 aromatic carbocycles. The lowest BCUT2D eigenvalue weighted by Crippen LogP contribution is -2.32. The lowest BCUT2D eigenvalue weighted by atomic mass is 10.0. The lowest BCUT2D eigenvalue weighted by molar-refractivity contribution is -0.122. The molecule has 24 heavy (non-hydrogen) atoms. The first-order valence-corrected chi connectivity index (χ1v) is 7.64. The van der Waals surface area contributed by atoms with Crippen molar-refractivity contribution in [2.45, 2.75) is 32.9 Å². The fraction of sp³-hybridized carbons (Fsp3) is 0.375. The third kappa shape index (κ3) is 3.22. The third-order valence-electron chi connectivity index (χ3n) is 4.00. The summed E-state index contributed by atoms with van der Waals surface area (Å²) in [6, 6.07) is 4.00. The highest BCUT2D eigenvalue weighted by Crippen LogP contribution is 2.31. The van der Waals surface area contributed by atoms with E-state index in [4.69, 9.17) is 4.74 Å². The zero-order valence-corrected chi connectivity index (χ0v) is 13.8. The topological polar surface area (TPSA) is 98.1 Å². The average Bonchev–Trinajstić information content (AvgIpc) is 3.14. The molecule has 2 N–H and O–H groups in total. The molecule has 0 saturated heterocycles. The summed E-state index contributed by atoms with van der Waals surface area (Å²) in [7, 11) is 1.54. The molecule has 126 valence electrons. The number of ether oxygens (including phenoxy) is 1. The number of fused-ring (bicyclic) bond motifs is 1. The Balaban J connectivity index is 1.63. The van der Waals surface area contributed by atoms with Crippen molar-refractivity contribution in [3.05, 3.63) is 35.2 Å². The quantitative estimate of drug-likeness (QED) is 0.855. The van der Waals surface area contributed by atoms with Gasteiger partial charge in [0.15, 0.2) is 6.10 Å². The molecule has 1 aliphatic heterocycles. The van der Waals surface area contributed by atoms with Gasteiger partial charge in [0.1, 0.15) is 18.6 Å². The van der Waals surface area contributed by atoms with E-state index in [-0.39, 0.29) is 24.3 Å². The minimum atomic E-state index is -0.605. The number of aryl methyl sites for hydroxylation is 2. The second kappa shape index (κ2) is 6.31. The monoisotopic (exact) mass is 329 g/mol. The number of likely N-dealkylation sites (N-methyl/N-ethyl adjacent to an activating group) is 1. The van der Waals surface area contributed by atoms with Gasteiger partial charge in [-0.3, -0.25) is 14.9 Å². The SMILES string of the molecule is CNC(=O)Cn1cnc(NC(=O)[C@H]2Cc3cc(C)c(C)cc3O2)n1. The molecule has 0 spiro atoms. The van der Waals surface area contributed by atoms with Crippen LogP contribution in [0.25, 0.3) is 0 Å². The van der Waals surface area contributed by atoms with Crippen molar-refractivity contribution in [3.8, 4) is 5.75 Å². The van der Waals surface area contributed by atoms with Gasteiger partial charge >= 0.3 is 0 Å². The van der Waals surface area contributed by atoms with Crippen LogP contribution in [-0.2, 0) is 22.6 Å². The Labute approximate surface area is 139 Å². The van der Waals surface area contributed by atoms with Gasteiger partial charge in [0.25, 0.3) is 5.91 Å². The first-order chi connectivity index (χ1) is 11.5. The number of carbonyl (C=O) groups excluding carboxylic acids is 2. The van der Waals surface area contributed by atoms with E-state index in [0.29, 0.717) is 6.42 Å². The largest absolute Gasteiger partial charge is 0.480 e. The van der Waals surface area contributed by atoms with Gasteiger partial charge in [0.05, 0.1) is 0 Å². The number of amides is 2. The molecule has 2 aromatic rings. The Hall–Kier alpha value is -2.90. The summed E-state index contributed by atoms with van der Waals surface area (Å²) in [6.07, 6.45) is 1.30. The van der Waals surface area contributed by atoms with Gasteiger partial charge < -0.3 is 10.1 Å². The normalized spacial score (nSPS) is 15.5. The molecule has 0 bridgehead atoms. The maximum atomic E-state index is 12.3. The number of anilines is 1. The molecular formula is C16H19N5O3. The van der Waals surface area contributed by atoms with Crippen LogP contribution >= 0.6 is 0 Å². The van der Waals surface area contributed by atoms with Gasteiger partial charge in [-0.1, -0.05) is 6.07 Å². The first kappa shape index (κ1) is 16.0. The fourth-order valence-electron chi connectivity index (χ4n) is 2.50. The van der Waals surface area contributed by atoms with Crippen molar-refractivity contribution in [2.75, 3.05) is 12.4 Å². The zero-order chi connectivity index (χ0) is 17.3. The number of benzene rings is 1. The Morgan fingerprint density at radius 1 is 1.33 bits per heavy atom. The van der Waals surface area contributed by atoms with Crippen LogP contribution in [-0.4, -0.2) is 39.7 Å². The summed E-state index contributed by atoms with van der Waals surface area (Å²) in [4.78, 5) is 27.6. The molecular weight excluding hydrogens is 310 g/mol. The molecule has 3 rings (SSSR count). The average molecular weight is 329 g/mol. The summed E-state index contributed by atoms with van der Waals surface area (Å²) in [6.45, 7) is 4.09. The number of nitrogens with one attached hydrogen (secondary N) is 2. The molecule has 8 nitrogen and oxygen atoms in total. The third-order valence-corrected chi connectivity index (χ3v) is 4.00. The van der Waals surface area contributed by atoms with E-state index in [2.05, 4.69) is 20.7 Å². The minimum Gasteiger partial charge on any atom is -0.480 e. The van der Waals surface area contributed by atoms with Crippen molar-refractivity contribution in [2.24, 2.45) is 0 Å². The van der Waals surface area contributed by atoms with Gasteiger partial charge in [-0.25, -0.2) is 9.67 Å². The molecule has 1 atom stereocenters. The van der Waals surface area contributed by atoms with Crippen molar-refractivity contribution in [1.82, 2.24) is 20.1 Å². The van der Waals surface area contributed by atoms with Gasteiger partial charge in [0.2, 0.25) is 11.9 Å². The van der Waals surface area contributed by atoms with Crippen molar-refractivity contribution in [3.63, 3.8) is 0 Å². The van der Waals surface area contributed by atoms with Crippen LogP contribution in [0.5, 0.6) is 5.75 Å². The Kier molecular flexibility index (Phi) is 4.20. The van der Waals surface area contributed by atoms with E-state index < -0.39 is 6.10 Å². The van der Waals surface area contributed by atoms with Crippen LogP contribution < -0.4 is 15.4 Å². The fourth-order valence-corrected chi connectivity index (χ4v) is 2.50. The highest BCUT2D eigenvalue weighted by atomic mass is 16.5. The number of nitrogens with zero attached hydrogens (tertiary/aromatic N) is 3. The summed E-state index contributed by atoms with van der Waals surface area (Å²) in [5, 5.41) is 9.16. The van der Waals surface area contributed by atoms with Gasteiger partial charge in [-0.15, -0.1) is 5.10 Å². The highest BCUT2D eigenvalue weighted by molar-refractivity contribution is 5.93. The number of hydrogen-bond acceptors (Lipinski definition) is 5. The van der Waals surface area contributed by atoms with Crippen molar-refractivity contribution in [1.29, 1.82) is 0 Å². The number of rotatable bonds is 4. The van der Waals surface area contributed by atoms with E-state index in [1.54, 1.807) is 7.05 Å². The first-order valence-electron chi connectivity index (χ1n) is 7.64. The van der Waals surface area contributed by atoms with Crippen LogP contribution in [0.15, 0.2) is 18.5 Å². The van der Waals surface area contributed by atoms with Crippen molar-refractivity contribution >= 4 is 17.8 Å². The van der Waals surface area contributed by atoms with Gasteiger partial charge in [0, 0.05) is 13.5 Å². The number of aromatic nitrogens is 3. The van der Waals surface area contributed by atoms with Crippen LogP contribution in [0.2, 0.25) is 0 Å². The molecule has 2 heterocycles. The molecule has 2 amide bonds. The van der Waals surface area contributed by atoms with Crippen LogP contribution in [0.4, 0.5) is 5.95 Å². The maximum absolute atomic E-state index is 12.3. The number of hydrogen-bond donors (Lipinski definition) is 2. The molecule has 1 aliphatic rings. The van der Waals surface area contributed by atoms with E-state index in [1.165, 1.54) is 16.6 Å². The Bertz CT molecular complexity index is 768. The van der Waals surface area contributed by atoms with Crippen molar-refractivity contribution < 1.29 is 14.3 Å². The molecule has 0 fully saturated rings. The standard InChI is InChI=1S/C16H19N5O3/c1-9-4-11-6-13(24-12(11)5-10(9)2)15(23)19-16-18-8-21(20-16)7-14(22)17-3/h4-5,8,13H,6-7H2,1-3H3,(H,17,22)(H,19,20,23)/t13-/m1/s1. The molecule has 0 saturated carbocycles. The predicted octanol–water partition coefficient (Wildman–Crippen LogP) is 0.583. The van der Waals surface area contributed by atoms with Gasteiger partial charge in [-0.05, 0) is 36.6 Å². The van der Waals surface area contributed by atoms with Crippen LogP contribution in [0.3, 0.4) is 0 Å². The van der Waals surface area contributed by atoms with Gasteiger partial charge in [-0.2, -0.15) is 0 Å². The predicted molar refractivity (Wildman–Crippen MR) is 86.8 cm³/mol. The molecule has 0 unspecified atom stereocenters. The Morgan fingerprint density at radius 3 is 2.83 bits per heavy atom. The minimum absolute atomic E-state index is 0.0449. The summed E-state index contributed by atoms with van der Waals surface area (Å²) in [5.74, 6) is 0.393. The zero-order valence-electron chi connectivity index (χ0n) is 13.8. The highest BCUT2D eigenvalue weighted by Gasteiger charge is 2.30. The number of carbonyl (C=O) groups is 2. The summed E-state index contributed by atoms with van der Waals surface area (Å²) >= 11 is 0. The molecule has 8 heteroatoms.